The molecule has 0 aliphatic carbocycles. The zero-order valence-corrected chi connectivity index (χ0v) is 34.4. The van der Waals surface area contributed by atoms with E-state index in [0.29, 0.717) is 49.8 Å². The molecule has 64 heavy (non-hydrogen) atoms. The molecule has 2 aliphatic heterocycles. The van der Waals surface area contributed by atoms with Gasteiger partial charge in [-0.2, -0.15) is 0 Å². The van der Waals surface area contributed by atoms with Crippen LogP contribution in [0.2, 0.25) is 0 Å². The van der Waals surface area contributed by atoms with Crippen molar-refractivity contribution < 1.29 is 38.2 Å². The van der Waals surface area contributed by atoms with Crippen molar-refractivity contribution in [3.63, 3.8) is 0 Å². The molecule has 6 N–H and O–H groups in total. The number of carbonyl (C=O) groups excluding carboxylic acids is 6. The third-order valence-electron chi connectivity index (χ3n) is 11.2. The number of hydrogen-bond donors (Lipinski definition) is 6. The summed E-state index contributed by atoms with van der Waals surface area (Å²) in [5.74, 6) is -2.12. The van der Waals surface area contributed by atoms with Crippen LogP contribution in [-0.4, -0.2) is 93.8 Å². The van der Waals surface area contributed by atoms with Crippen LogP contribution in [0.5, 0.6) is 0 Å². The number of pyridine rings is 2. The van der Waals surface area contributed by atoms with Gasteiger partial charge in [-0.15, -0.1) is 0 Å². The van der Waals surface area contributed by atoms with Gasteiger partial charge in [0.15, 0.2) is 0 Å². The lowest BCUT2D eigenvalue weighted by atomic mass is 10.1. The first-order chi connectivity index (χ1) is 31.0. The number of aromatic nitrogens is 2. The molecule has 0 unspecified atom stereocenters. The normalized spacial score (nSPS) is 15.8. The molecule has 6 amide bonds. The predicted molar refractivity (Wildman–Crippen MR) is 236 cm³/mol. The topological polar surface area (TPSA) is 241 Å². The molecule has 4 aromatic carbocycles. The summed E-state index contributed by atoms with van der Waals surface area (Å²) in [7, 11) is 0. The van der Waals surface area contributed by atoms with Crippen LogP contribution in [0.1, 0.15) is 36.8 Å². The number of nitrogens with one attached hydrogen (secondary N) is 6. The van der Waals surface area contributed by atoms with Crippen molar-refractivity contribution >= 4 is 80.0 Å². The Hall–Kier alpha value is -8.02. The summed E-state index contributed by atoms with van der Waals surface area (Å²) in [6.45, 7) is 0.0470. The van der Waals surface area contributed by atoms with Gasteiger partial charge < -0.3 is 40.7 Å². The second-order valence-corrected chi connectivity index (χ2v) is 15.5. The van der Waals surface area contributed by atoms with Crippen LogP contribution in [0.15, 0.2) is 107 Å². The lowest BCUT2D eigenvalue weighted by Crippen LogP contribution is -2.47. The predicted octanol–water partition coefficient (Wildman–Crippen LogP) is 4.23. The number of H-pyrrole nitrogens is 2. The average Bonchev–Trinajstić information content (AvgIpc) is 4.02. The van der Waals surface area contributed by atoms with Crippen molar-refractivity contribution in [1.29, 1.82) is 0 Å². The fourth-order valence-corrected chi connectivity index (χ4v) is 7.94. The number of fused-ring (bicyclic) bond motifs is 3. The highest BCUT2D eigenvalue weighted by molar-refractivity contribution is 6.02. The van der Waals surface area contributed by atoms with Gasteiger partial charge in [-0.3, -0.25) is 38.6 Å². The van der Waals surface area contributed by atoms with Crippen molar-refractivity contribution in [2.75, 3.05) is 36.8 Å². The SMILES string of the molecule is O=C(CNC(=O)[C@@H]1CCCN1C(=O)OCc1ccccc1)Nc1ccc2[nH]c3c(=O)c4cc(NC(=O)CNC(=O)[C@@H]5CCCN5C(=O)OCc5ccccc5)ccc4[nH]c3c(=O)c2c1. The largest absolute Gasteiger partial charge is 0.445 e. The van der Waals surface area contributed by atoms with Gasteiger partial charge in [0.05, 0.1) is 24.1 Å². The third kappa shape index (κ3) is 9.55. The summed E-state index contributed by atoms with van der Waals surface area (Å²) in [4.78, 5) is 114. The maximum absolute atomic E-state index is 13.8. The van der Waals surface area contributed by atoms with Gasteiger partial charge in [0.1, 0.15) is 36.3 Å². The summed E-state index contributed by atoms with van der Waals surface area (Å²) in [5, 5.41) is 10.9. The van der Waals surface area contributed by atoms with E-state index in [0.717, 1.165) is 11.1 Å². The minimum absolute atomic E-state index is 0.00597. The number of ether oxygens (including phenoxy) is 2. The number of benzene rings is 4. The van der Waals surface area contributed by atoms with Crippen LogP contribution in [0.3, 0.4) is 0 Å². The first-order valence-corrected chi connectivity index (χ1v) is 20.8. The van der Waals surface area contributed by atoms with Crippen molar-refractivity contribution in [1.82, 2.24) is 30.4 Å². The molecule has 18 nitrogen and oxygen atoms in total. The second kappa shape index (κ2) is 18.9. The van der Waals surface area contributed by atoms with E-state index in [1.165, 1.54) is 46.2 Å². The van der Waals surface area contributed by atoms with Gasteiger partial charge in [0.2, 0.25) is 34.5 Å². The van der Waals surface area contributed by atoms with Crippen molar-refractivity contribution in [3.05, 3.63) is 129 Å². The third-order valence-corrected chi connectivity index (χ3v) is 11.2. The van der Waals surface area contributed by atoms with E-state index in [1.54, 1.807) is 0 Å². The van der Waals surface area contributed by atoms with Crippen LogP contribution in [0, 0.1) is 0 Å². The molecular weight excluding hydrogens is 825 g/mol. The summed E-state index contributed by atoms with van der Waals surface area (Å²) in [6.07, 6.45) is 0.823. The summed E-state index contributed by atoms with van der Waals surface area (Å²) in [5.41, 5.74) is 1.77. The molecule has 4 heterocycles. The molecule has 0 saturated carbocycles. The molecule has 0 bridgehead atoms. The maximum atomic E-state index is 13.8. The Labute approximate surface area is 364 Å². The second-order valence-electron chi connectivity index (χ2n) is 15.5. The monoisotopic (exact) mass is 868 g/mol. The van der Waals surface area contributed by atoms with E-state index in [2.05, 4.69) is 31.2 Å². The Kier molecular flexibility index (Phi) is 12.6. The lowest BCUT2D eigenvalue weighted by molar-refractivity contribution is -0.127. The van der Waals surface area contributed by atoms with E-state index in [1.807, 2.05) is 60.7 Å². The number of nitrogens with zero attached hydrogens (tertiary/aromatic N) is 2. The number of amides is 6. The first kappa shape index (κ1) is 42.7. The lowest BCUT2D eigenvalue weighted by Gasteiger charge is -2.23. The molecule has 2 aromatic heterocycles. The minimum Gasteiger partial charge on any atom is -0.445 e. The highest BCUT2D eigenvalue weighted by Gasteiger charge is 2.36. The van der Waals surface area contributed by atoms with Gasteiger partial charge >= 0.3 is 12.2 Å². The Morgan fingerprint density at radius 1 is 0.562 bits per heavy atom. The molecule has 6 aromatic rings. The van der Waals surface area contributed by atoms with Crippen LogP contribution < -0.4 is 32.1 Å². The molecular formula is C46H44N8O10. The number of anilines is 2. The molecule has 2 atom stereocenters. The van der Waals surface area contributed by atoms with Gasteiger partial charge in [-0.1, -0.05) is 60.7 Å². The van der Waals surface area contributed by atoms with Gasteiger partial charge in [-0.25, -0.2) is 9.59 Å². The quantitative estimate of drug-likeness (QED) is 0.0957. The van der Waals surface area contributed by atoms with Gasteiger partial charge in [-0.05, 0) is 73.2 Å². The van der Waals surface area contributed by atoms with Crippen molar-refractivity contribution in [2.24, 2.45) is 0 Å². The fourth-order valence-electron chi connectivity index (χ4n) is 7.94. The number of likely N-dealkylation sites (tertiary alicyclic amines) is 2. The van der Waals surface area contributed by atoms with Gasteiger partial charge in [0, 0.05) is 35.2 Å². The number of carbonyl (C=O) groups is 6. The Balaban J connectivity index is 0.865. The highest BCUT2D eigenvalue weighted by Crippen LogP contribution is 2.23. The number of aromatic amines is 2. The van der Waals surface area contributed by atoms with Crippen molar-refractivity contribution in [3.8, 4) is 0 Å². The molecule has 8 rings (SSSR count). The molecule has 2 saturated heterocycles. The molecule has 18 heteroatoms. The number of hydrogen-bond acceptors (Lipinski definition) is 10. The molecule has 2 fully saturated rings. The minimum atomic E-state index is -0.785. The number of rotatable bonds is 12. The molecule has 2 aliphatic rings. The van der Waals surface area contributed by atoms with Crippen molar-refractivity contribution in [2.45, 2.75) is 51.0 Å². The summed E-state index contributed by atoms with van der Waals surface area (Å²) < 4.78 is 10.8. The average molecular weight is 869 g/mol. The standard InChI is InChI=1S/C46H44N8O10/c55-37(23-47-43(59)35-13-7-19-53(35)45(61)63-25-27-9-3-1-4-10-27)49-29-15-17-33-31(21-29)41(57)39-40(51-33)42(58)32-22-30(16-18-34(32)52-39)50-38(56)24-48-44(60)36-14-8-20-54(36)46(62)64-26-28-11-5-2-6-12-28/h1-6,9-12,15-18,21-22,35-36H,7-8,13-14,19-20,23-26H2,(H,47,59)(H,48,60)(H,49,55)(H,50,56)(H,51,57)(H,52,58)/t35-,36-/m0/s1. The fraction of sp³-hybridized carbons (Fsp3) is 0.261. The maximum Gasteiger partial charge on any atom is 0.410 e. The van der Waals surface area contributed by atoms with E-state index < -0.39 is 71.8 Å². The molecule has 0 spiro atoms. The zero-order chi connectivity index (χ0) is 44.7. The Bertz CT molecular complexity index is 2710. The Morgan fingerprint density at radius 3 is 1.38 bits per heavy atom. The van der Waals surface area contributed by atoms with Crippen LogP contribution in [-0.2, 0) is 41.9 Å². The summed E-state index contributed by atoms with van der Waals surface area (Å²) in [6, 6.07) is 25.8. The highest BCUT2D eigenvalue weighted by atomic mass is 16.6. The smallest absolute Gasteiger partial charge is 0.410 e. The zero-order valence-electron chi connectivity index (χ0n) is 34.4. The van der Waals surface area contributed by atoms with E-state index in [4.69, 9.17) is 9.47 Å². The van der Waals surface area contributed by atoms with E-state index >= 15 is 0 Å². The summed E-state index contributed by atoms with van der Waals surface area (Å²) >= 11 is 0. The molecule has 0 radical (unpaired) electrons. The van der Waals surface area contributed by atoms with E-state index in [-0.39, 0.29) is 46.4 Å². The van der Waals surface area contributed by atoms with Crippen LogP contribution in [0.4, 0.5) is 21.0 Å². The van der Waals surface area contributed by atoms with Gasteiger partial charge in [0.25, 0.3) is 0 Å². The van der Waals surface area contributed by atoms with Crippen LogP contribution in [0.25, 0.3) is 32.8 Å². The molecule has 328 valence electrons. The first-order valence-electron chi connectivity index (χ1n) is 20.8. The Morgan fingerprint density at radius 2 is 0.969 bits per heavy atom. The van der Waals surface area contributed by atoms with E-state index in [9.17, 15) is 38.4 Å². The van der Waals surface area contributed by atoms with Crippen LogP contribution >= 0.6 is 0 Å².